The fraction of sp³-hybridized carbons (Fsp3) is 0.385. The maximum absolute atomic E-state index is 12.6. The predicted octanol–water partition coefficient (Wildman–Crippen LogP) is 3.34. The monoisotopic (exact) mass is 501 g/mol. The van der Waals surface area contributed by atoms with Crippen LogP contribution in [0.25, 0.3) is 6.08 Å². The molecule has 1 aliphatic heterocycles. The van der Waals surface area contributed by atoms with Gasteiger partial charge in [0.2, 0.25) is 11.7 Å². The van der Waals surface area contributed by atoms with E-state index in [0.29, 0.717) is 47.5 Å². The van der Waals surface area contributed by atoms with Gasteiger partial charge in [-0.05, 0) is 42.8 Å². The summed E-state index contributed by atoms with van der Waals surface area (Å²) in [7, 11) is 4.55. The number of nitrogens with zero attached hydrogens (tertiary/aromatic N) is 2. The van der Waals surface area contributed by atoms with Gasteiger partial charge in [0.05, 0.1) is 21.3 Å². The normalized spacial score (nSPS) is 14.1. The second-order valence-electron chi connectivity index (χ2n) is 8.05. The molecule has 9 heteroatoms. The lowest BCUT2D eigenvalue weighted by atomic mass is 10.1. The van der Waals surface area contributed by atoms with Gasteiger partial charge in [-0.25, -0.2) is 0 Å². The first-order chi connectivity index (χ1) is 17.0. The Bertz CT molecular complexity index is 1030. The predicted molar refractivity (Wildman–Crippen MR) is 137 cm³/mol. The van der Waals surface area contributed by atoms with Crippen molar-refractivity contribution in [2.45, 2.75) is 6.42 Å². The Labute approximate surface area is 211 Å². The molecule has 1 heterocycles. The summed E-state index contributed by atoms with van der Waals surface area (Å²) < 4.78 is 15.9. The van der Waals surface area contributed by atoms with Crippen molar-refractivity contribution in [1.29, 1.82) is 0 Å². The van der Waals surface area contributed by atoms with Crippen molar-refractivity contribution >= 4 is 29.5 Å². The van der Waals surface area contributed by atoms with Crippen LogP contribution in [0.15, 0.2) is 42.5 Å². The number of halogens is 1. The number of hydrogen-bond donors (Lipinski definition) is 1. The lowest BCUT2D eigenvalue weighted by molar-refractivity contribution is -0.127. The second kappa shape index (κ2) is 13.0. The number of amides is 2. The number of ether oxygens (including phenoxy) is 3. The van der Waals surface area contributed by atoms with E-state index in [0.717, 1.165) is 31.6 Å². The zero-order chi connectivity index (χ0) is 25.2. The summed E-state index contributed by atoms with van der Waals surface area (Å²) in [5.41, 5.74) is 1.27. The number of carbonyl (C=O) groups is 2. The van der Waals surface area contributed by atoms with E-state index < -0.39 is 0 Å². The van der Waals surface area contributed by atoms with Crippen LogP contribution in [0, 0.1) is 0 Å². The fourth-order valence-electron chi connectivity index (χ4n) is 3.89. The minimum Gasteiger partial charge on any atom is -0.493 e. The molecule has 8 nitrogen and oxygen atoms in total. The highest BCUT2D eigenvalue weighted by Gasteiger charge is 2.20. The van der Waals surface area contributed by atoms with Gasteiger partial charge in [0.1, 0.15) is 0 Å². The standard InChI is InChI=1S/C26H32ClN3O5/c1-33-22-17-20(18-23(34-2)25(22)35-3)26(32)28-11-6-12-29-13-15-30(16-14-29)24(31)10-9-19-7-4-5-8-21(19)27/h4-5,7-10,17-18H,6,11-16H2,1-3H3,(H,28,32)/b10-9+. The van der Waals surface area contributed by atoms with Gasteiger partial charge in [0.25, 0.3) is 5.91 Å². The van der Waals surface area contributed by atoms with Crippen molar-refractivity contribution in [3.63, 3.8) is 0 Å². The van der Waals surface area contributed by atoms with E-state index in [-0.39, 0.29) is 11.8 Å². The molecule has 0 atom stereocenters. The lowest BCUT2D eigenvalue weighted by Gasteiger charge is -2.34. The quantitative estimate of drug-likeness (QED) is 0.397. The van der Waals surface area contributed by atoms with Gasteiger partial charge in [-0.15, -0.1) is 0 Å². The number of benzene rings is 2. The molecule has 2 aromatic carbocycles. The molecular formula is C26H32ClN3O5. The average Bonchev–Trinajstić information content (AvgIpc) is 2.89. The SMILES string of the molecule is COc1cc(C(=O)NCCCN2CCN(C(=O)/C=C/c3ccccc3Cl)CC2)cc(OC)c1OC. The van der Waals surface area contributed by atoms with Gasteiger partial charge >= 0.3 is 0 Å². The van der Waals surface area contributed by atoms with Gasteiger partial charge in [-0.2, -0.15) is 0 Å². The molecular weight excluding hydrogens is 470 g/mol. The summed E-state index contributed by atoms with van der Waals surface area (Å²) in [6, 6.07) is 10.7. The first kappa shape index (κ1) is 26.4. The zero-order valence-electron chi connectivity index (χ0n) is 20.4. The summed E-state index contributed by atoms with van der Waals surface area (Å²) in [4.78, 5) is 29.2. The summed E-state index contributed by atoms with van der Waals surface area (Å²) in [5, 5.41) is 3.56. The molecule has 2 amide bonds. The first-order valence-corrected chi connectivity index (χ1v) is 11.9. The summed E-state index contributed by atoms with van der Waals surface area (Å²) in [6.45, 7) is 4.31. The Kier molecular flexibility index (Phi) is 9.81. The molecule has 2 aromatic rings. The third kappa shape index (κ3) is 7.13. The van der Waals surface area contributed by atoms with E-state index in [2.05, 4.69) is 10.2 Å². The van der Waals surface area contributed by atoms with Crippen LogP contribution >= 0.6 is 11.6 Å². The van der Waals surface area contributed by atoms with Gasteiger partial charge in [-0.3, -0.25) is 14.5 Å². The molecule has 188 valence electrons. The van der Waals surface area contributed by atoms with Crippen molar-refractivity contribution in [2.24, 2.45) is 0 Å². The number of nitrogens with one attached hydrogen (secondary N) is 1. The number of piperazine rings is 1. The Morgan fingerprint density at radius 3 is 2.26 bits per heavy atom. The maximum atomic E-state index is 12.6. The summed E-state index contributed by atoms with van der Waals surface area (Å²) in [6.07, 6.45) is 4.14. The van der Waals surface area contributed by atoms with Crippen LogP contribution in [0.4, 0.5) is 0 Å². The Morgan fingerprint density at radius 2 is 1.66 bits per heavy atom. The molecule has 0 aliphatic carbocycles. The van der Waals surface area contributed by atoms with E-state index in [4.69, 9.17) is 25.8 Å². The summed E-state index contributed by atoms with van der Waals surface area (Å²) >= 11 is 6.14. The molecule has 0 saturated carbocycles. The molecule has 1 N–H and O–H groups in total. The minimum absolute atomic E-state index is 0.0119. The molecule has 1 aliphatic rings. The van der Waals surface area contributed by atoms with E-state index in [1.54, 1.807) is 30.4 Å². The smallest absolute Gasteiger partial charge is 0.251 e. The van der Waals surface area contributed by atoms with Gasteiger partial charge < -0.3 is 24.4 Å². The van der Waals surface area contributed by atoms with Crippen molar-refractivity contribution in [2.75, 3.05) is 60.6 Å². The van der Waals surface area contributed by atoms with Gasteiger partial charge in [-0.1, -0.05) is 29.8 Å². The molecule has 0 radical (unpaired) electrons. The molecule has 0 unspecified atom stereocenters. The van der Waals surface area contributed by atoms with Crippen LogP contribution in [0.3, 0.4) is 0 Å². The molecule has 1 saturated heterocycles. The highest BCUT2D eigenvalue weighted by Crippen LogP contribution is 2.38. The van der Waals surface area contributed by atoms with Crippen molar-refractivity contribution in [3.8, 4) is 17.2 Å². The molecule has 35 heavy (non-hydrogen) atoms. The van der Waals surface area contributed by atoms with E-state index in [1.807, 2.05) is 23.1 Å². The fourth-order valence-corrected chi connectivity index (χ4v) is 4.09. The van der Waals surface area contributed by atoms with Gasteiger partial charge in [0, 0.05) is 49.4 Å². The Morgan fingerprint density at radius 1 is 1.00 bits per heavy atom. The van der Waals surface area contributed by atoms with E-state index in [9.17, 15) is 9.59 Å². The lowest BCUT2D eigenvalue weighted by Crippen LogP contribution is -2.48. The first-order valence-electron chi connectivity index (χ1n) is 11.5. The van der Waals surface area contributed by atoms with Crippen molar-refractivity contribution in [1.82, 2.24) is 15.1 Å². The number of methoxy groups -OCH3 is 3. The Balaban J connectivity index is 1.40. The highest BCUT2D eigenvalue weighted by atomic mass is 35.5. The van der Waals surface area contributed by atoms with Crippen LogP contribution < -0.4 is 19.5 Å². The van der Waals surface area contributed by atoms with Crippen LogP contribution in [0.1, 0.15) is 22.3 Å². The van der Waals surface area contributed by atoms with E-state index in [1.165, 1.54) is 21.3 Å². The molecule has 0 bridgehead atoms. The third-order valence-electron chi connectivity index (χ3n) is 5.86. The maximum Gasteiger partial charge on any atom is 0.251 e. The largest absolute Gasteiger partial charge is 0.493 e. The minimum atomic E-state index is -0.204. The number of carbonyl (C=O) groups excluding carboxylic acids is 2. The van der Waals surface area contributed by atoms with Crippen LogP contribution in [0.2, 0.25) is 5.02 Å². The number of rotatable bonds is 10. The second-order valence-corrected chi connectivity index (χ2v) is 8.45. The molecule has 0 aromatic heterocycles. The Hall–Kier alpha value is -3.23. The van der Waals surface area contributed by atoms with Gasteiger partial charge in [0.15, 0.2) is 11.5 Å². The van der Waals surface area contributed by atoms with Crippen LogP contribution in [0.5, 0.6) is 17.2 Å². The topological polar surface area (TPSA) is 80.3 Å². The molecule has 3 rings (SSSR count). The highest BCUT2D eigenvalue weighted by molar-refractivity contribution is 6.32. The van der Waals surface area contributed by atoms with Crippen LogP contribution in [-0.2, 0) is 4.79 Å². The summed E-state index contributed by atoms with van der Waals surface area (Å²) in [5.74, 6) is 1.10. The average molecular weight is 502 g/mol. The van der Waals surface area contributed by atoms with Crippen molar-refractivity contribution in [3.05, 3.63) is 58.6 Å². The third-order valence-corrected chi connectivity index (χ3v) is 6.20. The van der Waals surface area contributed by atoms with Crippen LogP contribution in [-0.4, -0.2) is 82.2 Å². The molecule has 1 fully saturated rings. The number of hydrogen-bond acceptors (Lipinski definition) is 6. The van der Waals surface area contributed by atoms with Crippen molar-refractivity contribution < 1.29 is 23.8 Å². The zero-order valence-corrected chi connectivity index (χ0v) is 21.1. The molecule has 0 spiro atoms. The van der Waals surface area contributed by atoms with E-state index >= 15 is 0 Å².